The van der Waals surface area contributed by atoms with Gasteiger partial charge in [0.05, 0.1) is 18.9 Å². The predicted octanol–water partition coefficient (Wildman–Crippen LogP) is 4.35. The molecular weight excluding hydrogens is 462 g/mol. The van der Waals surface area contributed by atoms with Crippen LogP contribution in [0.5, 0.6) is 5.75 Å². The second-order valence-corrected chi connectivity index (χ2v) is 8.39. The molecule has 0 saturated heterocycles. The molecule has 0 spiro atoms. The molecule has 2 N–H and O–H groups in total. The maximum Gasteiger partial charge on any atom is 0.251 e. The molecule has 0 fully saturated rings. The lowest BCUT2D eigenvalue weighted by Gasteiger charge is -2.15. The topological polar surface area (TPSA) is 98.1 Å². The summed E-state index contributed by atoms with van der Waals surface area (Å²) in [5.74, 6) is 0.932. The zero-order chi connectivity index (χ0) is 23.8. The van der Waals surface area contributed by atoms with Crippen LogP contribution in [0.3, 0.4) is 0 Å². The van der Waals surface area contributed by atoms with Crippen molar-refractivity contribution in [3.63, 3.8) is 0 Å². The van der Waals surface area contributed by atoms with Gasteiger partial charge >= 0.3 is 0 Å². The summed E-state index contributed by atoms with van der Waals surface area (Å²) in [5, 5.41) is 15.3. The summed E-state index contributed by atoms with van der Waals surface area (Å²) >= 11 is 7.20. The summed E-state index contributed by atoms with van der Waals surface area (Å²) in [7, 11) is 1.57. The number of nitrogens with one attached hydrogen (secondary N) is 2. The van der Waals surface area contributed by atoms with E-state index in [1.165, 1.54) is 11.8 Å². The van der Waals surface area contributed by atoms with Crippen molar-refractivity contribution in [2.75, 3.05) is 18.2 Å². The average molecular weight is 486 g/mol. The largest absolute Gasteiger partial charge is 0.497 e. The van der Waals surface area contributed by atoms with E-state index >= 15 is 0 Å². The Morgan fingerprint density at radius 2 is 2.00 bits per heavy atom. The second kappa shape index (κ2) is 11.5. The molecular formula is C23H24ClN5O3S. The fraction of sp³-hybridized carbons (Fsp3) is 0.217. The molecule has 0 saturated carbocycles. The minimum absolute atomic E-state index is 0.133. The number of methoxy groups -OCH3 is 1. The van der Waals surface area contributed by atoms with Gasteiger partial charge in [0.1, 0.15) is 5.75 Å². The number of amides is 2. The number of aromatic nitrogens is 3. The zero-order valence-electron chi connectivity index (χ0n) is 18.2. The molecule has 10 heteroatoms. The highest BCUT2D eigenvalue weighted by Crippen LogP contribution is 2.22. The summed E-state index contributed by atoms with van der Waals surface area (Å²) in [4.78, 5) is 25.0. The minimum atomic E-state index is -0.415. The van der Waals surface area contributed by atoms with E-state index in [-0.39, 0.29) is 17.6 Å². The fourth-order valence-electron chi connectivity index (χ4n) is 3.01. The lowest BCUT2D eigenvalue weighted by Crippen LogP contribution is -2.28. The van der Waals surface area contributed by atoms with Gasteiger partial charge in [-0.2, -0.15) is 0 Å². The van der Waals surface area contributed by atoms with Gasteiger partial charge in [-0.3, -0.25) is 9.59 Å². The number of carbonyl (C=O) groups excluding carboxylic acids is 2. The lowest BCUT2D eigenvalue weighted by molar-refractivity contribution is -0.113. The van der Waals surface area contributed by atoms with Crippen molar-refractivity contribution in [1.82, 2.24) is 20.1 Å². The maximum absolute atomic E-state index is 12.6. The van der Waals surface area contributed by atoms with Crippen LogP contribution in [-0.2, 0) is 11.3 Å². The molecule has 8 nitrogen and oxygen atoms in total. The number of hydrogen-bond acceptors (Lipinski definition) is 6. The summed E-state index contributed by atoms with van der Waals surface area (Å²) in [6.45, 7) is 6.04. The van der Waals surface area contributed by atoms with Gasteiger partial charge in [-0.25, -0.2) is 0 Å². The first-order valence-electron chi connectivity index (χ1n) is 10.1. The van der Waals surface area contributed by atoms with Crippen molar-refractivity contribution in [2.45, 2.75) is 24.7 Å². The molecule has 3 rings (SSSR count). The molecule has 1 atom stereocenters. The SMILES string of the molecule is C=CCn1c(SCC(=O)Nc2cccc(Cl)c2)nnc1[C@@H](C)NC(=O)c1ccc(OC)cc1. The Morgan fingerprint density at radius 1 is 1.24 bits per heavy atom. The number of thioether (sulfide) groups is 1. The van der Waals surface area contributed by atoms with Crippen LogP contribution in [0, 0.1) is 0 Å². The average Bonchev–Trinajstić information content (AvgIpc) is 3.20. The molecule has 0 unspecified atom stereocenters. The Kier molecular flexibility index (Phi) is 8.51. The van der Waals surface area contributed by atoms with Crippen LogP contribution in [0.25, 0.3) is 0 Å². The molecule has 1 aromatic heterocycles. The summed E-state index contributed by atoms with van der Waals surface area (Å²) in [6.07, 6.45) is 1.71. The Labute approximate surface area is 201 Å². The highest BCUT2D eigenvalue weighted by Gasteiger charge is 2.20. The first-order chi connectivity index (χ1) is 15.9. The fourth-order valence-corrected chi connectivity index (χ4v) is 3.95. The van der Waals surface area contributed by atoms with Crippen LogP contribution in [0.15, 0.2) is 66.3 Å². The molecule has 172 valence electrons. The van der Waals surface area contributed by atoms with Crippen LogP contribution < -0.4 is 15.4 Å². The number of ether oxygens (including phenoxy) is 1. The van der Waals surface area contributed by atoms with E-state index in [0.717, 1.165) is 0 Å². The van der Waals surface area contributed by atoms with Crippen molar-refractivity contribution in [1.29, 1.82) is 0 Å². The summed E-state index contributed by atoms with van der Waals surface area (Å²) < 4.78 is 6.95. The molecule has 33 heavy (non-hydrogen) atoms. The maximum atomic E-state index is 12.6. The van der Waals surface area contributed by atoms with Crippen LogP contribution in [0.1, 0.15) is 29.1 Å². The van der Waals surface area contributed by atoms with E-state index in [0.29, 0.717) is 39.5 Å². The van der Waals surface area contributed by atoms with Crippen LogP contribution in [0.2, 0.25) is 5.02 Å². The van der Waals surface area contributed by atoms with E-state index in [1.54, 1.807) is 61.7 Å². The Balaban J connectivity index is 1.65. The first kappa shape index (κ1) is 24.3. The van der Waals surface area contributed by atoms with Gasteiger partial charge in [0.25, 0.3) is 5.91 Å². The first-order valence-corrected chi connectivity index (χ1v) is 11.4. The van der Waals surface area contributed by atoms with Crippen molar-refractivity contribution in [3.05, 3.63) is 77.6 Å². The lowest BCUT2D eigenvalue weighted by atomic mass is 10.2. The van der Waals surface area contributed by atoms with E-state index in [9.17, 15) is 9.59 Å². The number of rotatable bonds is 10. The van der Waals surface area contributed by atoms with Crippen molar-refractivity contribution >= 4 is 40.9 Å². The second-order valence-electron chi connectivity index (χ2n) is 7.01. The molecule has 0 radical (unpaired) electrons. The van der Waals surface area contributed by atoms with Gasteiger partial charge in [-0.05, 0) is 49.4 Å². The van der Waals surface area contributed by atoms with E-state index < -0.39 is 6.04 Å². The van der Waals surface area contributed by atoms with Crippen LogP contribution in [0.4, 0.5) is 5.69 Å². The van der Waals surface area contributed by atoms with Crippen molar-refractivity contribution in [2.24, 2.45) is 0 Å². The van der Waals surface area contributed by atoms with Gasteiger partial charge < -0.3 is 19.9 Å². The number of nitrogens with zero attached hydrogens (tertiary/aromatic N) is 3. The molecule has 1 heterocycles. The number of anilines is 1. The molecule has 2 aromatic carbocycles. The number of carbonyl (C=O) groups is 2. The van der Waals surface area contributed by atoms with Gasteiger partial charge in [-0.15, -0.1) is 16.8 Å². The van der Waals surface area contributed by atoms with Crippen LogP contribution >= 0.6 is 23.4 Å². The molecule has 0 bridgehead atoms. The highest BCUT2D eigenvalue weighted by molar-refractivity contribution is 7.99. The van der Waals surface area contributed by atoms with E-state index in [2.05, 4.69) is 27.4 Å². The van der Waals surface area contributed by atoms with Gasteiger partial charge in [0, 0.05) is 22.8 Å². The quantitative estimate of drug-likeness (QED) is 0.327. The third-order valence-electron chi connectivity index (χ3n) is 4.58. The van der Waals surface area contributed by atoms with Crippen molar-refractivity contribution < 1.29 is 14.3 Å². The Hall–Kier alpha value is -3.30. The Bertz CT molecular complexity index is 1130. The van der Waals surface area contributed by atoms with Gasteiger partial charge in [0.15, 0.2) is 11.0 Å². The van der Waals surface area contributed by atoms with Gasteiger partial charge in [-0.1, -0.05) is 35.5 Å². The molecule has 3 aromatic rings. The van der Waals surface area contributed by atoms with E-state index in [1.807, 2.05) is 11.5 Å². The number of halogens is 1. The monoisotopic (exact) mass is 485 g/mol. The molecule has 0 aliphatic carbocycles. The number of benzene rings is 2. The number of hydrogen-bond donors (Lipinski definition) is 2. The molecule has 0 aliphatic heterocycles. The Morgan fingerprint density at radius 3 is 2.67 bits per heavy atom. The van der Waals surface area contributed by atoms with E-state index in [4.69, 9.17) is 16.3 Å². The normalized spacial score (nSPS) is 11.5. The van der Waals surface area contributed by atoms with Crippen molar-refractivity contribution in [3.8, 4) is 5.75 Å². The third kappa shape index (κ3) is 6.59. The summed E-state index contributed by atoms with van der Waals surface area (Å²) in [6, 6.07) is 13.4. The van der Waals surface area contributed by atoms with Gasteiger partial charge in [0.2, 0.25) is 5.91 Å². The molecule has 2 amide bonds. The van der Waals surface area contributed by atoms with Crippen LogP contribution in [-0.4, -0.2) is 39.4 Å². The predicted molar refractivity (Wildman–Crippen MR) is 130 cm³/mol. The summed E-state index contributed by atoms with van der Waals surface area (Å²) in [5.41, 5.74) is 1.13. The standard InChI is InChI=1S/C23H24ClN5O3S/c1-4-12-29-21(15(2)25-22(31)16-8-10-19(32-3)11-9-16)27-28-23(29)33-14-20(30)26-18-7-5-6-17(24)13-18/h4-11,13,15H,1,12,14H2,2-3H3,(H,25,31)(H,26,30)/t15-/m1/s1. The third-order valence-corrected chi connectivity index (χ3v) is 5.79. The minimum Gasteiger partial charge on any atom is -0.497 e. The smallest absolute Gasteiger partial charge is 0.251 e. The molecule has 0 aliphatic rings. The zero-order valence-corrected chi connectivity index (χ0v) is 19.8. The highest BCUT2D eigenvalue weighted by atomic mass is 35.5. The number of allylic oxidation sites excluding steroid dienone is 1.